The Hall–Kier alpha value is -1.97. The Balaban J connectivity index is 1.97. The average Bonchev–Trinajstić information content (AvgIpc) is 2.73. The van der Waals surface area contributed by atoms with Crippen LogP contribution < -0.4 is 5.32 Å². The number of rotatable bonds is 3. The minimum absolute atomic E-state index is 0.000176. The second-order valence-electron chi connectivity index (χ2n) is 7.55. The molecule has 2 aromatic carbocycles. The van der Waals surface area contributed by atoms with Gasteiger partial charge in [0, 0.05) is 31.1 Å². The van der Waals surface area contributed by atoms with Gasteiger partial charge in [-0.05, 0) is 48.9 Å². The van der Waals surface area contributed by atoms with Gasteiger partial charge in [0.05, 0.1) is 21.2 Å². The highest BCUT2D eigenvalue weighted by Crippen LogP contribution is 2.37. The predicted molar refractivity (Wildman–Crippen MR) is 109 cm³/mol. The first-order valence-electron chi connectivity index (χ1n) is 9.51. The molecule has 0 aliphatic carbocycles. The molecule has 174 valence electrons. The molecule has 0 saturated carbocycles. The van der Waals surface area contributed by atoms with E-state index in [1.165, 1.54) is 11.9 Å². The van der Waals surface area contributed by atoms with E-state index in [1.807, 2.05) is 0 Å². The Labute approximate surface area is 190 Å². The Morgan fingerprint density at radius 3 is 2.09 bits per heavy atom. The Morgan fingerprint density at radius 1 is 0.969 bits per heavy atom. The number of alkyl halides is 6. The van der Waals surface area contributed by atoms with Crippen LogP contribution in [-0.2, 0) is 12.4 Å². The summed E-state index contributed by atoms with van der Waals surface area (Å²) in [6, 6.07) is 5.37. The Bertz CT molecular complexity index is 977. The molecule has 1 saturated heterocycles. The summed E-state index contributed by atoms with van der Waals surface area (Å²) in [7, 11) is 1.37. The molecular formula is C21H18Cl2F6N2O. The van der Waals surface area contributed by atoms with E-state index >= 15 is 0 Å². The van der Waals surface area contributed by atoms with E-state index in [2.05, 4.69) is 5.32 Å². The molecular weight excluding hydrogens is 481 g/mol. The summed E-state index contributed by atoms with van der Waals surface area (Å²) >= 11 is 12.0. The van der Waals surface area contributed by atoms with Crippen LogP contribution in [0.1, 0.15) is 39.4 Å². The van der Waals surface area contributed by atoms with Gasteiger partial charge in [-0.15, -0.1) is 0 Å². The van der Waals surface area contributed by atoms with Crippen LogP contribution in [-0.4, -0.2) is 37.0 Å². The van der Waals surface area contributed by atoms with Crippen LogP contribution in [0.25, 0.3) is 0 Å². The third-order valence-electron chi connectivity index (χ3n) is 5.47. The second-order valence-corrected chi connectivity index (χ2v) is 8.37. The van der Waals surface area contributed by atoms with Crippen molar-refractivity contribution in [2.45, 2.75) is 30.7 Å². The molecule has 0 aromatic heterocycles. The first-order valence-corrected chi connectivity index (χ1v) is 10.3. The summed E-state index contributed by atoms with van der Waals surface area (Å²) in [6.45, 7) is 0.965. The molecule has 2 aromatic rings. The molecule has 3 nitrogen and oxygen atoms in total. The van der Waals surface area contributed by atoms with Crippen molar-refractivity contribution in [3.8, 4) is 0 Å². The number of likely N-dealkylation sites (N-methyl/N-ethyl adjacent to an activating group) is 1. The summed E-state index contributed by atoms with van der Waals surface area (Å²) in [5.41, 5.74) is -3.00. The highest BCUT2D eigenvalue weighted by Gasteiger charge is 2.39. The number of hydrogen-bond acceptors (Lipinski definition) is 2. The van der Waals surface area contributed by atoms with Crippen molar-refractivity contribution in [3.05, 3.63) is 68.7 Å². The molecule has 0 bridgehead atoms. The van der Waals surface area contributed by atoms with Crippen molar-refractivity contribution in [1.29, 1.82) is 0 Å². The van der Waals surface area contributed by atoms with Gasteiger partial charge < -0.3 is 10.2 Å². The lowest BCUT2D eigenvalue weighted by Gasteiger charge is -2.39. The third-order valence-corrected chi connectivity index (χ3v) is 6.21. The number of nitrogens with one attached hydrogen (secondary N) is 1. The first kappa shape index (κ1) is 24.7. The molecule has 1 heterocycles. The van der Waals surface area contributed by atoms with Crippen molar-refractivity contribution in [3.63, 3.8) is 0 Å². The van der Waals surface area contributed by atoms with E-state index in [0.29, 0.717) is 41.7 Å². The average molecular weight is 499 g/mol. The minimum atomic E-state index is -5.04. The van der Waals surface area contributed by atoms with E-state index < -0.39 is 41.0 Å². The topological polar surface area (TPSA) is 32.3 Å². The number of halogens is 8. The van der Waals surface area contributed by atoms with Gasteiger partial charge in [0.15, 0.2) is 0 Å². The Morgan fingerprint density at radius 2 is 1.56 bits per heavy atom. The zero-order chi connectivity index (χ0) is 23.8. The lowest BCUT2D eigenvalue weighted by atomic mass is 9.85. The number of piperidine rings is 1. The van der Waals surface area contributed by atoms with E-state index in [0.717, 1.165) is 5.56 Å². The molecule has 1 amide bonds. The quantitative estimate of drug-likeness (QED) is 0.507. The van der Waals surface area contributed by atoms with Gasteiger partial charge in [-0.2, -0.15) is 26.3 Å². The van der Waals surface area contributed by atoms with Crippen LogP contribution in [0.4, 0.5) is 26.3 Å². The van der Waals surface area contributed by atoms with Gasteiger partial charge in [0.2, 0.25) is 0 Å². The summed E-state index contributed by atoms with van der Waals surface area (Å²) in [4.78, 5) is 14.2. The number of carbonyl (C=O) groups is 1. The van der Waals surface area contributed by atoms with Crippen molar-refractivity contribution >= 4 is 29.1 Å². The van der Waals surface area contributed by atoms with E-state index in [-0.39, 0.29) is 12.0 Å². The molecule has 11 heteroatoms. The maximum absolute atomic E-state index is 13.2. The fourth-order valence-corrected chi connectivity index (χ4v) is 4.13. The van der Waals surface area contributed by atoms with Gasteiger partial charge in [-0.3, -0.25) is 4.79 Å². The van der Waals surface area contributed by atoms with Gasteiger partial charge >= 0.3 is 12.4 Å². The predicted octanol–water partition coefficient (Wildman–Crippen LogP) is 6.25. The van der Waals surface area contributed by atoms with Crippen molar-refractivity contribution in [1.82, 2.24) is 10.2 Å². The fourth-order valence-electron chi connectivity index (χ4n) is 3.82. The molecule has 0 unspecified atom stereocenters. The minimum Gasteiger partial charge on any atom is -0.338 e. The normalized spacial score (nSPS) is 19.7. The van der Waals surface area contributed by atoms with Crippen LogP contribution in [0.15, 0.2) is 36.4 Å². The number of carbonyl (C=O) groups excluding carboxylic acids is 1. The molecule has 0 spiro atoms. The van der Waals surface area contributed by atoms with Crippen molar-refractivity contribution in [2.24, 2.45) is 0 Å². The zero-order valence-electron chi connectivity index (χ0n) is 16.6. The second kappa shape index (κ2) is 9.11. The van der Waals surface area contributed by atoms with Crippen LogP contribution in [0.2, 0.25) is 10.0 Å². The SMILES string of the molecule is CN(C(=O)c1cc(C(F)(F)F)cc(C(F)(F)F)c1)[C@H]1CCNC[C@H]1c1ccc(Cl)c(Cl)c1. The molecule has 1 fully saturated rings. The van der Waals surface area contributed by atoms with Gasteiger partial charge in [-0.25, -0.2) is 0 Å². The third kappa shape index (κ3) is 5.32. The van der Waals surface area contributed by atoms with Gasteiger partial charge in [0.25, 0.3) is 5.91 Å². The lowest BCUT2D eigenvalue weighted by Crippen LogP contribution is -2.49. The number of benzene rings is 2. The smallest absolute Gasteiger partial charge is 0.338 e. The highest BCUT2D eigenvalue weighted by molar-refractivity contribution is 6.42. The monoisotopic (exact) mass is 498 g/mol. The molecule has 2 atom stereocenters. The van der Waals surface area contributed by atoms with Crippen LogP contribution >= 0.6 is 23.2 Å². The molecule has 0 radical (unpaired) electrons. The zero-order valence-corrected chi connectivity index (χ0v) is 18.1. The molecule has 32 heavy (non-hydrogen) atoms. The first-order chi connectivity index (χ1) is 14.8. The van der Waals surface area contributed by atoms with Crippen molar-refractivity contribution in [2.75, 3.05) is 20.1 Å². The van der Waals surface area contributed by atoms with E-state index in [4.69, 9.17) is 23.2 Å². The summed E-state index contributed by atoms with van der Waals surface area (Å²) in [5.74, 6) is -1.22. The summed E-state index contributed by atoms with van der Waals surface area (Å²) in [5, 5.41) is 3.82. The van der Waals surface area contributed by atoms with Crippen LogP contribution in [0, 0.1) is 0 Å². The summed E-state index contributed by atoms with van der Waals surface area (Å²) < 4.78 is 79.1. The summed E-state index contributed by atoms with van der Waals surface area (Å²) in [6.07, 6.45) is -9.63. The number of hydrogen-bond donors (Lipinski definition) is 1. The largest absolute Gasteiger partial charge is 0.416 e. The maximum atomic E-state index is 13.2. The lowest BCUT2D eigenvalue weighted by molar-refractivity contribution is -0.143. The van der Waals surface area contributed by atoms with Crippen LogP contribution in [0.5, 0.6) is 0 Å². The molecule has 3 rings (SSSR count). The van der Waals surface area contributed by atoms with Crippen LogP contribution in [0.3, 0.4) is 0 Å². The Kier molecular flexibility index (Phi) is 7.02. The molecule has 1 aliphatic heterocycles. The van der Waals surface area contributed by atoms with E-state index in [1.54, 1.807) is 18.2 Å². The molecule has 1 N–H and O–H groups in total. The standard InChI is InChI=1S/C21H18Cl2F6N2O/c1-31(18-4-5-30-10-15(18)11-2-3-16(22)17(23)8-11)19(32)12-6-13(20(24,25)26)9-14(7-12)21(27,28)29/h2-3,6-9,15,18,30H,4-5,10H2,1H3/t15-,18-/m0/s1. The number of nitrogens with zero attached hydrogens (tertiary/aromatic N) is 1. The van der Waals surface area contributed by atoms with Gasteiger partial charge in [0.1, 0.15) is 0 Å². The van der Waals surface area contributed by atoms with Gasteiger partial charge in [-0.1, -0.05) is 29.3 Å². The fraction of sp³-hybridized carbons (Fsp3) is 0.381. The molecule has 1 aliphatic rings. The highest BCUT2D eigenvalue weighted by atomic mass is 35.5. The maximum Gasteiger partial charge on any atom is 0.416 e. The van der Waals surface area contributed by atoms with E-state index in [9.17, 15) is 31.1 Å². The van der Waals surface area contributed by atoms with Crippen molar-refractivity contribution < 1.29 is 31.1 Å². The number of amides is 1.